The zero-order valence-corrected chi connectivity index (χ0v) is 11.6. The fourth-order valence-electron chi connectivity index (χ4n) is 1.27. The van der Waals surface area contributed by atoms with Crippen molar-refractivity contribution in [1.29, 1.82) is 0 Å². The summed E-state index contributed by atoms with van der Waals surface area (Å²) in [5.74, 6) is -1.36. The smallest absolute Gasteiger partial charge is 0.311 e. The summed E-state index contributed by atoms with van der Waals surface area (Å²) in [6, 6.07) is 1.49. The maximum atomic E-state index is 11.9. The molecule has 1 heterocycles. The maximum absolute atomic E-state index is 11.9. The lowest BCUT2D eigenvalue weighted by Gasteiger charge is -2.38. The van der Waals surface area contributed by atoms with E-state index in [1.165, 1.54) is 12.3 Å². The number of aromatic nitrogens is 1. The number of H-pyrrole nitrogens is 1. The average Bonchev–Trinajstić information content (AvgIpc) is 2.63. The summed E-state index contributed by atoms with van der Waals surface area (Å²) in [6.45, 7) is 6.47. The number of carboxylic acids is 1. The van der Waals surface area contributed by atoms with E-state index in [1.807, 2.05) is 0 Å². The van der Waals surface area contributed by atoms with Gasteiger partial charge in [-0.3, -0.25) is 9.59 Å². The highest BCUT2D eigenvalue weighted by Gasteiger charge is 2.44. The molecule has 0 aliphatic heterocycles. The molecule has 3 N–H and O–H groups in total. The Kier molecular flexibility index (Phi) is 3.76. The van der Waals surface area contributed by atoms with Gasteiger partial charge in [0, 0.05) is 6.20 Å². The van der Waals surface area contributed by atoms with Crippen LogP contribution in [0.3, 0.4) is 0 Å². The van der Waals surface area contributed by atoms with Crippen LogP contribution < -0.4 is 5.32 Å². The van der Waals surface area contributed by atoms with Crippen molar-refractivity contribution in [2.45, 2.75) is 33.2 Å². The molecule has 6 heteroatoms. The van der Waals surface area contributed by atoms with E-state index in [9.17, 15) is 14.7 Å². The van der Waals surface area contributed by atoms with Gasteiger partial charge in [-0.05, 0) is 33.8 Å². The second-order valence-electron chi connectivity index (χ2n) is 5.24. The number of carbonyl (C=O) groups is 2. The SMILES string of the molecule is CC(C)(NC(=O)c1cc(Cl)c[nH]1)C(C)(C)C(=O)O. The van der Waals surface area contributed by atoms with Gasteiger partial charge in [0.1, 0.15) is 5.69 Å². The van der Waals surface area contributed by atoms with Gasteiger partial charge in [-0.1, -0.05) is 11.6 Å². The van der Waals surface area contributed by atoms with Crippen LogP contribution in [-0.2, 0) is 4.79 Å². The van der Waals surface area contributed by atoms with E-state index in [-0.39, 0.29) is 5.91 Å². The Morgan fingerprint density at radius 3 is 2.28 bits per heavy atom. The van der Waals surface area contributed by atoms with Crippen molar-refractivity contribution in [3.8, 4) is 0 Å². The quantitative estimate of drug-likeness (QED) is 0.786. The molecule has 0 aromatic carbocycles. The van der Waals surface area contributed by atoms with E-state index >= 15 is 0 Å². The Morgan fingerprint density at radius 2 is 1.89 bits per heavy atom. The molecule has 0 atom stereocenters. The van der Waals surface area contributed by atoms with E-state index in [0.717, 1.165) is 0 Å². The Balaban J connectivity index is 2.90. The largest absolute Gasteiger partial charge is 0.481 e. The monoisotopic (exact) mass is 272 g/mol. The third-order valence-corrected chi connectivity index (χ3v) is 3.63. The van der Waals surface area contributed by atoms with Gasteiger partial charge in [0.15, 0.2) is 0 Å². The van der Waals surface area contributed by atoms with Crippen LogP contribution >= 0.6 is 11.6 Å². The number of rotatable bonds is 4. The molecule has 0 fully saturated rings. The van der Waals surface area contributed by atoms with Gasteiger partial charge in [-0.15, -0.1) is 0 Å². The molecule has 18 heavy (non-hydrogen) atoms. The molecule has 0 spiro atoms. The summed E-state index contributed by atoms with van der Waals surface area (Å²) in [5.41, 5.74) is -1.71. The van der Waals surface area contributed by atoms with E-state index in [0.29, 0.717) is 10.7 Å². The Hall–Kier alpha value is -1.49. The van der Waals surface area contributed by atoms with Crippen molar-refractivity contribution in [2.24, 2.45) is 5.41 Å². The van der Waals surface area contributed by atoms with Gasteiger partial charge in [0.25, 0.3) is 5.91 Å². The van der Waals surface area contributed by atoms with Crippen LogP contribution in [0.4, 0.5) is 0 Å². The molecule has 5 nitrogen and oxygen atoms in total. The summed E-state index contributed by atoms with van der Waals surface area (Å²) < 4.78 is 0. The molecule has 0 saturated heterocycles. The first-order valence-corrected chi connectivity index (χ1v) is 5.85. The zero-order valence-electron chi connectivity index (χ0n) is 10.8. The molecular weight excluding hydrogens is 256 g/mol. The molecule has 1 aromatic rings. The van der Waals surface area contributed by atoms with Gasteiger partial charge in [0.2, 0.25) is 0 Å². The van der Waals surface area contributed by atoms with E-state index in [2.05, 4.69) is 10.3 Å². The molecule has 100 valence electrons. The van der Waals surface area contributed by atoms with Crippen molar-refractivity contribution < 1.29 is 14.7 Å². The molecule has 0 aliphatic rings. The Morgan fingerprint density at radius 1 is 1.33 bits per heavy atom. The highest BCUT2D eigenvalue weighted by Crippen LogP contribution is 2.31. The lowest BCUT2D eigenvalue weighted by atomic mass is 9.74. The summed E-state index contributed by atoms with van der Waals surface area (Å²) in [6.07, 6.45) is 1.49. The lowest BCUT2D eigenvalue weighted by Crippen LogP contribution is -2.57. The highest BCUT2D eigenvalue weighted by atomic mass is 35.5. The van der Waals surface area contributed by atoms with Crippen molar-refractivity contribution >= 4 is 23.5 Å². The second kappa shape index (κ2) is 4.65. The molecule has 1 aromatic heterocycles. The minimum Gasteiger partial charge on any atom is -0.481 e. The predicted molar refractivity (Wildman–Crippen MR) is 68.8 cm³/mol. The number of hydrogen-bond acceptors (Lipinski definition) is 2. The van der Waals surface area contributed by atoms with Crippen LogP contribution in [-0.4, -0.2) is 27.5 Å². The Bertz CT molecular complexity index is 477. The van der Waals surface area contributed by atoms with Crippen LogP contribution in [0.5, 0.6) is 0 Å². The fourth-order valence-corrected chi connectivity index (χ4v) is 1.44. The average molecular weight is 273 g/mol. The first-order chi connectivity index (χ1) is 8.08. The van der Waals surface area contributed by atoms with E-state index < -0.39 is 16.9 Å². The molecule has 0 radical (unpaired) electrons. The molecule has 0 unspecified atom stereocenters. The van der Waals surface area contributed by atoms with Gasteiger partial charge in [0.05, 0.1) is 16.0 Å². The summed E-state index contributed by atoms with van der Waals surface area (Å²) in [7, 11) is 0. The van der Waals surface area contributed by atoms with Crippen molar-refractivity contribution in [1.82, 2.24) is 10.3 Å². The predicted octanol–water partition coefficient (Wildman–Crippen LogP) is 2.29. The number of amides is 1. The normalized spacial score (nSPS) is 12.3. The number of aromatic amines is 1. The van der Waals surface area contributed by atoms with Crippen LogP contribution in [0.15, 0.2) is 12.3 Å². The number of carboxylic acid groups (broad SMARTS) is 1. The molecular formula is C12H17ClN2O3. The molecule has 1 amide bonds. The number of hydrogen-bond donors (Lipinski definition) is 3. The lowest BCUT2D eigenvalue weighted by molar-refractivity contribution is -0.150. The van der Waals surface area contributed by atoms with Crippen LogP contribution in [0, 0.1) is 5.41 Å². The van der Waals surface area contributed by atoms with Gasteiger partial charge >= 0.3 is 5.97 Å². The summed E-state index contributed by atoms with van der Waals surface area (Å²) in [5, 5.41) is 12.3. The molecule has 1 rings (SSSR count). The van der Waals surface area contributed by atoms with Crippen molar-refractivity contribution in [3.05, 3.63) is 23.0 Å². The molecule has 0 bridgehead atoms. The Labute approximate surface area is 111 Å². The maximum Gasteiger partial charge on any atom is 0.311 e. The van der Waals surface area contributed by atoms with E-state index in [4.69, 9.17) is 11.6 Å². The van der Waals surface area contributed by atoms with Crippen molar-refractivity contribution in [2.75, 3.05) is 0 Å². The first-order valence-electron chi connectivity index (χ1n) is 5.48. The molecule has 0 aliphatic carbocycles. The van der Waals surface area contributed by atoms with Gasteiger partial charge in [-0.2, -0.15) is 0 Å². The highest BCUT2D eigenvalue weighted by molar-refractivity contribution is 6.30. The van der Waals surface area contributed by atoms with E-state index in [1.54, 1.807) is 27.7 Å². The van der Waals surface area contributed by atoms with Crippen LogP contribution in [0.1, 0.15) is 38.2 Å². The number of carbonyl (C=O) groups excluding carboxylic acids is 1. The number of aliphatic carboxylic acids is 1. The second-order valence-corrected chi connectivity index (χ2v) is 5.68. The minimum atomic E-state index is -1.10. The first kappa shape index (κ1) is 14.6. The topological polar surface area (TPSA) is 82.2 Å². The zero-order chi connectivity index (χ0) is 14.1. The number of halogens is 1. The number of nitrogens with one attached hydrogen (secondary N) is 2. The standard InChI is InChI=1S/C12H17ClN2O3/c1-11(2,10(17)18)12(3,4)15-9(16)8-5-7(13)6-14-8/h5-6,14H,1-4H3,(H,15,16)(H,17,18). The van der Waals surface area contributed by atoms with Crippen LogP contribution in [0.2, 0.25) is 5.02 Å². The van der Waals surface area contributed by atoms with Crippen molar-refractivity contribution in [3.63, 3.8) is 0 Å². The van der Waals surface area contributed by atoms with Gasteiger partial charge in [-0.25, -0.2) is 0 Å². The fraction of sp³-hybridized carbons (Fsp3) is 0.500. The third-order valence-electron chi connectivity index (χ3n) is 3.42. The summed E-state index contributed by atoms with van der Waals surface area (Å²) in [4.78, 5) is 25.9. The minimum absolute atomic E-state index is 0.300. The van der Waals surface area contributed by atoms with Crippen LogP contribution in [0.25, 0.3) is 0 Å². The third kappa shape index (κ3) is 2.67. The molecule has 0 saturated carbocycles. The van der Waals surface area contributed by atoms with Gasteiger partial charge < -0.3 is 15.4 Å². The summed E-state index contributed by atoms with van der Waals surface area (Å²) >= 11 is 5.71.